The first-order valence-corrected chi connectivity index (χ1v) is 14.5. The lowest BCUT2D eigenvalue weighted by Crippen LogP contribution is -2.54. The maximum absolute atomic E-state index is 13.0. The summed E-state index contributed by atoms with van der Waals surface area (Å²) in [5, 5.41) is 8.10. The minimum absolute atomic E-state index is 0.0951. The van der Waals surface area contributed by atoms with Gasteiger partial charge in [0.15, 0.2) is 0 Å². The van der Waals surface area contributed by atoms with Crippen molar-refractivity contribution < 1.29 is 32.3 Å². The number of esters is 1. The number of ether oxygens (including phenoxy) is 1. The van der Waals surface area contributed by atoms with Gasteiger partial charge in [0.05, 0.1) is 7.11 Å². The predicted octanol–water partition coefficient (Wildman–Crippen LogP) is 1.79. The zero-order valence-corrected chi connectivity index (χ0v) is 23.3. The second kappa shape index (κ2) is 14.3. The molecule has 0 spiro atoms. The molecular weight excluding hydrogens is 536 g/mol. The van der Waals surface area contributed by atoms with Crippen LogP contribution in [0.5, 0.6) is 0 Å². The highest BCUT2D eigenvalue weighted by Gasteiger charge is 2.29. The van der Waals surface area contributed by atoms with Crippen LogP contribution in [-0.4, -0.2) is 58.0 Å². The van der Waals surface area contributed by atoms with Crippen LogP contribution in [0.3, 0.4) is 0 Å². The molecule has 11 nitrogen and oxygen atoms in total. The molecular formula is C28H34N4O7S. The molecule has 0 radical (unpaired) electrons. The molecule has 12 heteroatoms. The van der Waals surface area contributed by atoms with Crippen LogP contribution in [0.1, 0.15) is 42.9 Å². The van der Waals surface area contributed by atoms with Gasteiger partial charge in [0, 0.05) is 25.5 Å². The maximum atomic E-state index is 13.0. The van der Waals surface area contributed by atoms with Crippen molar-refractivity contribution in [2.75, 3.05) is 13.7 Å². The molecule has 2 aromatic rings. The summed E-state index contributed by atoms with van der Waals surface area (Å²) < 4.78 is 31.0. The third-order valence-electron chi connectivity index (χ3n) is 6.24. The smallest absolute Gasteiger partial charge is 0.328 e. The highest BCUT2D eigenvalue weighted by molar-refractivity contribution is 7.99. The van der Waals surface area contributed by atoms with Crippen molar-refractivity contribution >= 4 is 38.7 Å². The normalized spacial score (nSPS) is 15.2. The molecule has 0 aliphatic carbocycles. The van der Waals surface area contributed by atoms with Crippen LogP contribution < -0.4 is 20.7 Å². The van der Waals surface area contributed by atoms with E-state index in [1.807, 2.05) is 42.0 Å². The van der Waals surface area contributed by atoms with Crippen molar-refractivity contribution in [3.05, 3.63) is 77.4 Å². The molecule has 4 N–H and O–H groups in total. The number of carbonyl (C=O) groups excluding carboxylic acids is 4. The Morgan fingerprint density at radius 3 is 2.12 bits per heavy atom. The standard InChI is InChI=1S/C28H34N4O7S/c1-3-4-8-15-29-26(34)22(16-20-11-13-21(14-12-20)24-18-25(33)32-40(24,37)38)30-28(36)31-23(27(35)39-2)17-19-9-6-5-7-10-19/h5-7,9-14,18,22-23H,3-4,8,15-17H2,1-2H3,(H,29,34)(H,32,33)(H2,30,31,36)/t22-,23-/m0/s1. The maximum Gasteiger partial charge on any atom is 0.328 e. The Hall–Kier alpha value is -4.19. The summed E-state index contributed by atoms with van der Waals surface area (Å²) >= 11 is 0. The van der Waals surface area contributed by atoms with Crippen molar-refractivity contribution in [3.63, 3.8) is 0 Å². The Morgan fingerprint density at radius 2 is 1.52 bits per heavy atom. The number of nitrogens with one attached hydrogen (secondary N) is 4. The van der Waals surface area contributed by atoms with Crippen molar-refractivity contribution in [1.29, 1.82) is 0 Å². The molecule has 0 bridgehead atoms. The lowest BCUT2D eigenvalue weighted by Gasteiger charge is -2.22. The molecule has 2 atom stereocenters. The van der Waals surface area contributed by atoms with Gasteiger partial charge in [-0.25, -0.2) is 22.7 Å². The number of rotatable bonds is 13. The van der Waals surface area contributed by atoms with Crippen LogP contribution in [0, 0.1) is 0 Å². The minimum atomic E-state index is -3.92. The number of methoxy groups -OCH3 is 1. The Bertz CT molecular complexity index is 1340. The van der Waals surface area contributed by atoms with E-state index in [9.17, 15) is 27.6 Å². The van der Waals surface area contributed by atoms with E-state index in [-0.39, 0.29) is 17.7 Å². The van der Waals surface area contributed by atoms with Crippen LogP contribution in [0.25, 0.3) is 4.91 Å². The Kier molecular flexibility index (Phi) is 10.8. The third kappa shape index (κ3) is 8.67. The summed E-state index contributed by atoms with van der Waals surface area (Å²) in [6, 6.07) is 12.8. The molecule has 1 aliphatic heterocycles. The highest BCUT2D eigenvalue weighted by Crippen LogP contribution is 2.24. The predicted molar refractivity (Wildman–Crippen MR) is 149 cm³/mol. The number of unbranched alkanes of at least 4 members (excludes halogenated alkanes) is 2. The summed E-state index contributed by atoms with van der Waals surface area (Å²) in [6.45, 7) is 2.49. The number of hydrogen-bond acceptors (Lipinski definition) is 7. The SMILES string of the molecule is CCCCCNC(=O)[C@H](Cc1ccc(C2=CC(=O)NS2(=O)=O)cc1)NC(=O)N[C@@H](Cc1ccccc1)C(=O)OC. The number of amides is 4. The average Bonchev–Trinajstić information content (AvgIpc) is 3.22. The first-order valence-electron chi connectivity index (χ1n) is 13.0. The number of carbonyl (C=O) groups is 4. The van der Waals surface area contributed by atoms with Crippen LogP contribution >= 0.6 is 0 Å². The number of hydrogen-bond donors (Lipinski definition) is 4. The van der Waals surface area contributed by atoms with E-state index >= 15 is 0 Å². The van der Waals surface area contributed by atoms with E-state index in [0.29, 0.717) is 17.7 Å². The zero-order chi connectivity index (χ0) is 29.1. The fourth-order valence-corrected chi connectivity index (χ4v) is 5.30. The minimum Gasteiger partial charge on any atom is -0.467 e. The van der Waals surface area contributed by atoms with Crippen LogP contribution in [0.4, 0.5) is 4.79 Å². The molecule has 0 saturated carbocycles. The summed E-state index contributed by atoms with van der Waals surface area (Å²) in [4.78, 5) is 49.7. The summed E-state index contributed by atoms with van der Waals surface area (Å²) in [7, 11) is -2.69. The Morgan fingerprint density at radius 1 is 0.900 bits per heavy atom. The topological polar surface area (TPSA) is 160 Å². The fraction of sp³-hybridized carbons (Fsp3) is 0.357. The van der Waals surface area contributed by atoms with Crippen LogP contribution in [-0.2, 0) is 42.0 Å². The first-order chi connectivity index (χ1) is 19.1. The van der Waals surface area contributed by atoms with Gasteiger partial charge in [-0.3, -0.25) is 9.59 Å². The molecule has 1 heterocycles. The van der Waals surface area contributed by atoms with Crippen LogP contribution in [0.2, 0.25) is 0 Å². The van der Waals surface area contributed by atoms with Gasteiger partial charge in [0.25, 0.3) is 15.9 Å². The molecule has 214 valence electrons. The molecule has 40 heavy (non-hydrogen) atoms. The van der Waals surface area contributed by atoms with Crippen LogP contribution in [0.15, 0.2) is 60.7 Å². The van der Waals surface area contributed by atoms with E-state index < -0.39 is 45.9 Å². The molecule has 0 aromatic heterocycles. The van der Waals surface area contributed by atoms with Gasteiger partial charge < -0.3 is 20.7 Å². The lowest BCUT2D eigenvalue weighted by molar-refractivity contribution is -0.142. The van der Waals surface area contributed by atoms with Gasteiger partial charge in [-0.05, 0) is 23.1 Å². The van der Waals surface area contributed by atoms with Gasteiger partial charge in [0.2, 0.25) is 5.91 Å². The molecule has 4 amide bonds. The number of urea groups is 1. The zero-order valence-electron chi connectivity index (χ0n) is 22.4. The molecule has 0 saturated heterocycles. The second-order valence-corrected chi connectivity index (χ2v) is 11.0. The van der Waals surface area contributed by atoms with Crippen molar-refractivity contribution in [2.45, 2.75) is 51.1 Å². The fourth-order valence-electron chi connectivity index (χ4n) is 4.16. The Labute approximate surface area is 233 Å². The van der Waals surface area contributed by atoms with Gasteiger partial charge >= 0.3 is 12.0 Å². The molecule has 3 rings (SSSR count). The highest BCUT2D eigenvalue weighted by atomic mass is 32.2. The van der Waals surface area contributed by atoms with Gasteiger partial charge in [-0.15, -0.1) is 0 Å². The monoisotopic (exact) mass is 570 g/mol. The molecule has 0 fully saturated rings. The summed E-state index contributed by atoms with van der Waals surface area (Å²) in [5.41, 5.74) is 1.77. The van der Waals surface area contributed by atoms with Crippen molar-refractivity contribution in [3.8, 4) is 0 Å². The second-order valence-electron chi connectivity index (χ2n) is 9.31. The number of benzene rings is 2. The van der Waals surface area contributed by atoms with E-state index in [1.165, 1.54) is 19.2 Å². The third-order valence-corrected chi connectivity index (χ3v) is 7.64. The average molecular weight is 571 g/mol. The Balaban J connectivity index is 1.73. The molecule has 1 aliphatic rings. The van der Waals surface area contributed by atoms with Gasteiger partial charge in [0.1, 0.15) is 17.0 Å². The number of sulfonamides is 1. The van der Waals surface area contributed by atoms with Crippen molar-refractivity contribution in [1.82, 2.24) is 20.7 Å². The molecule has 0 unspecified atom stereocenters. The van der Waals surface area contributed by atoms with E-state index in [0.717, 1.165) is 30.9 Å². The quantitative estimate of drug-likeness (QED) is 0.211. The van der Waals surface area contributed by atoms with Crippen molar-refractivity contribution in [2.24, 2.45) is 0 Å². The summed E-state index contributed by atoms with van der Waals surface area (Å²) in [6.07, 6.45) is 4.01. The summed E-state index contributed by atoms with van der Waals surface area (Å²) in [5.74, 6) is -1.74. The lowest BCUT2D eigenvalue weighted by atomic mass is 10.0. The molecule has 2 aromatic carbocycles. The van der Waals surface area contributed by atoms with Gasteiger partial charge in [-0.1, -0.05) is 74.4 Å². The van der Waals surface area contributed by atoms with E-state index in [4.69, 9.17) is 4.74 Å². The first kappa shape index (κ1) is 30.4. The van der Waals surface area contributed by atoms with E-state index in [2.05, 4.69) is 16.0 Å². The van der Waals surface area contributed by atoms with Gasteiger partial charge in [-0.2, -0.15) is 0 Å². The largest absolute Gasteiger partial charge is 0.467 e. The van der Waals surface area contributed by atoms with E-state index in [1.54, 1.807) is 12.1 Å².